The molecule has 6 heteroatoms. The Bertz CT molecular complexity index is 230. The summed E-state index contributed by atoms with van der Waals surface area (Å²) in [5.41, 5.74) is 0. The van der Waals surface area contributed by atoms with Crippen LogP contribution in [-0.2, 0) is 4.79 Å². The molecule has 2 N–H and O–H groups in total. The van der Waals surface area contributed by atoms with Crippen molar-refractivity contribution in [3.05, 3.63) is 0 Å². The number of aliphatic hydroxyl groups excluding tert-OH is 1. The van der Waals surface area contributed by atoms with Gasteiger partial charge in [-0.15, -0.1) is 0 Å². The highest BCUT2D eigenvalue weighted by atomic mass is 19.4. The Morgan fingerprint density at radius 3 is 2.44 bits per heavy atom. The van der Waals surface area contributed by atoms with Crippen LogP contribution in [0.5, 0.6) is 0 Å². The molecule has 0 aliphatic rings. The summed E-state index contributed by atoms with van der Waals surface area (Å²) in [6.45, 7) is 2.19. The van der Waals surface area contributed by atoms with Gasteiger partial charge in [0.2, 0.25) is 5.91 Å². The molecule has 18 heavy (non-hydrogen) atoms. The molecule has 0 aromatic heterocycles. The highest BCUT2D eigenvalue weighted by Crippen LogP contribution is 2.22. The van der Waals surface area contributed by atoms with E-state index in [1.165, 1.54) is 0 Å². The first-order chi connectivity index (χ1) is 8.31. The minimum absolute atomic E-state index is 0.0821. The average Bonchev–Trinajstić information content (AvgIpc) is 2.22. The lowest BCUT2D eigenvalue weighted by atomic mass is 10.1. The molecule has 0 saturated carbocycles. The van der Waals surface area contributed by atoms with E-state index in [0.717, 1.165) is 0 Å². The van der Waals surface area contributed by atoms with Gasteiger partial charge >= 0.3 is 6.18 Å². The third kappa shape index (κ3) is 13.3. The molecule has 0 aliphatic carbocycles. The quantitative estimate of drug-likeness (QED) is 0.632. The van der Waals surface area contributed by atoms with E-state index in [2.05, 4.69) is 5.32 Å². The van der Waals surface area contributed by atoms with Crippen molar-refractivity contribution in [1.29, 1.82) is 0 Å². The minimum Gasteiger partial charge on any atom is -0.393 e. The van der Waals surface area contributed by atoms with E-state index in [-0.39, 0.29) is 24.9 Å². The highest BCUT2D eigenvalue weighted by Gasteiger charge is 2.25. The minimum atomic E-state index is -4.09. The number of aliphatic hydroxyl groups is 1. The number of unbranched alkanes of at least 4 members (excludes halogenated alkanes) is 2. The fraction of sp³-hybridized carbons (Fsp3) is 0.917. The van der Waals surface area contributed by atoms with Crippen LogP contribution in [0, 0.1) is 0 Å². The van der Waals surface area contributed by atoms with Crippen LogP contribution >= 0.6 is 0 Å². The molecule has 0 rings (SSSR count). The van der Waals surface area contributed by atoms with Crippen molar-refractivity contribution in [3.63, 3.8) is 0 Å². The van der Waals surface area contributed by atoms with Crippen LogP contribution in [0.2, 0.25) is 0 Å². The maximum atomic E-state index is 11.8. The van der Waals surface area contributed by atoms with E-state index in [9.17, 15) is 18.0 Å². The third-order valence-corrected chi connectivity index (χ3v) is 2.48. The van der Waals surface area contributed by atoms with E-state index in [1.54, 1.807) is 6.92 Å². The number of carbonyl (C=O) groups is 1. The summed E-state index contributed by atoms with van der Waals surface area (Å²) in [5.74, 6) is -0.132. The maximum Gasteiger partial charge on any atom is 0.389 e. The molecule has 0 saturated heterocycles. The Kier molecular flexibility index (Phi) is 8.79. The number of amides is 1. The molecule has 0 heterocycles. The van der Waals surface area contributed by atoms with Gasteiger partial charge in [-0.05, 0) is 32.6 Å². The van der Waals surface area contributed by atoms with Crippen LogP contribution in [0.15, 0.2) is 0 Å². The predicted molar refractivity (Wildman–Crippen MR) is 63.1 cm³/mol. The Balaban J connectivity index is 3.32. The number of hydrogen-bond donors (Lipinski definition) is 2. The van der Waals surface area contributed by atoms with E-state index < -0.39 is 12.6 Å². The first-order valence-electron chi connectivity index (χ1n) is 6.33. The topological polar surface area (TPSA) is 49.3 Å². The van der Waals surface area contributed by atoms with Crippen LogP contribution in [0.3, 0.4) is 0 Å². The molecule has 108 valence electrons. The normalized spacial score (nSPS) is 13.4. The fourth-order valence-corrected chi connectivity index (χ4v) is 1.50. The van der Waals surface area contributed by atoms with Crippen LogP contribution in [0.4, 0.5) is 13.2 Å². The molecular weight excluding hydrogens is 247 g/mol. The van der Waals surface area contributed by atoms with Crippen LogP contribution < -0.4 is 5.32 Å². The van der Waals surface area contributed by atoms with Crippen molar-refractivity contribution in [2.75, 3.05) is 6.54 Å². The fourth-order valence-electron chi connectivity index (χ4n) is 1.50. The van der Waals surface area contributed by atoms with Gasteiger partial charge in [0.1, 0.15) is 0 Å². The molecule has 3 nitrogen and oxygen atoms in total. The van der Waals surface area contributed by atoms with E-state index >= 15 is 0 Å². The van der Waals surface area contributed by atoms with Gasteiger partial charge in [-0.1, -0.05) is 6.42 Å². The number of rotatable bonds is 9. The monoisotopic (exact) mass is 269 g/mol. The molecular formula is C12H22F3NO2. The smallest absolute Gasteiger partial charge is 0.389 e. The second-order valence-electron chi connectivity index (χ2n) is 4.52. The molecule has 1 unspecified atom stereocenters. The Morgan fingerprint density at radius 2 is 1.89 bits per heavy atom. The first-order valence-corrected chi connectivity index (χ1v) is 6.33. The van der Waals surface area contributed by atoms with Gasteiger partial charge in [0, 0.05) is 19.4 Å². The summed E-state index contributed by atoms with van der Waals surface area (Å²) < 4.78 is 35.4. The van der Waals surface area contributed by atoms with Crippen LogP contribution in [0.25, 0.3) is 0 Å². The molecule has 0 bridgehead atoms. The van der Waals surface area contributed by atoms with Crippen molar-refractivity contribution in [2.45, 2.75) is 64.1 Å². The highest BCUT2D eigenvalue weighted by molar-refractivity contribution is 5.75. The van der Waals surface area contributed by atoms with Gasteiger partial charge in [-0.2, -0.15) is 13.2 Å². The van der Waals surface area contributed by atoms with Gasteiger partial charge in [0.05, 0.1) is 6.10 Å². The number of halogens is 3. The van der Waals surface area contributed by atoms with Crippen molar-refractivity contribution >= 4 is 5.91 Å². The maximum absolute atomic E-state index is 11.8. The third-order valence-electron chi connectivity index (χ3n) is 2.48. The molecule has 0 aromatic rings. The average molecular weight is 269 g/mol. The van der Waals surface area contributed by atoms with Crippen molar-refractivity contribution in [1.82, 2.24) is 5.32 Å². The summed E-state index contributed by atoms with van der Waals surface area (Å²) in [7, 11) is 0. The van der Waals surface area contributed by atoms with E-state index in [1.807, 2.05) is 0 Å². The molecule has 1 amide bonds. The Morgan fingerprint density at radius 1 is 1.22 bits per heavy atom. The Labute approximate surface area is 106 Å². The largest absolute Gasteiger partial charge is 0.393 e. The standard InChI is InChI=1S/C12H22F3NO2/c1-10(17)6-5-9-16-11(18)7-3-2-4-8-12(13,14)15/h10,17H,2-9H2,1H3,(H,16,18). The summed E-state index contributed by atoms with van der Waals surface area (Å²) in [5, 5.41) is 11.7. The molecule has 0 fully saturated rings. The van der Waals surface area contributed by atoms with Gasteiger partial charge in [-0.25, -0.2) is 0 Å². The summed E-state index contributed by atoms with van der Waals surface area (Å²) in [4.78, 5) is 11.3. The summed E-state index contributed by atoms with van der Waals surface area (Å²) in [6, 6.07) is 0. The first kappa shape index (κ1) is 17.2. The van der Waals surface area contributed by atoms with Crippen LogP contribution in [-0.4, -0.2) is 29.8 Å². The number of alkyl halides is 3. The molecule has 0 radical (unpaired) electrons. The zero-order valence-corrected chi connectivity index (χ0v) is 10.7. The lowest BCUT2D eigenvalue weighted by Crippen LogP contribution is -2.24. The van der Waals surface area contributed by atoms with Crippen LogP contribution in [0.1, 0.15) is 51.9 Å². The lowest BCUT2D eigenvalue weighted by molar-refractivity contribution is -0.135. The second-order valence-corrected chi connectivity index (χ2v) is 4.52. The lowest BCUT2D eigenvalue weighted by Gasteiger charge is -2.07. The van der Waals surface area contributed by atoms with E-state index in [0.29, 0.717) is 32.2 Å². The molecule has 1 atom stereocenters. The van der Waals surface area contributed by atoms with Crippen molar-refractivity contribution in [3.8, 4) is 0 Å². The summed E-state index contributed by atoms with van der Waals surface area (Å²) >= 11 is 0. The predicted octanol–water partition coefficient (Wildman–Crippen LogP) is 2.78. The number of hydrogen-bond acceptors (Lipinski definition) is 2. The molecule has 0 aromatic carbocycles. The molecule has 0 spiro atoms. The van der Waals surface area contributed by atoms with Crippen molar-refractivity contribution < 1.29 is 23.1 Å². The van der Waals surface area contributed by atoms with Gasteiger partial charge in [0.25, 0.3) is 0 Å². The summed E-state index contributed by atoms with van der Waals surface area (Å²) in [6.07, 6.45) is -2.65. The number of nitrogens with one attached hydrogen (secondary N) is 1. The van der Waals surface area contributed by atoms with Gasteiger partial charge in [0.15, 0.2) is 0 Å². The van der Waals surface area contributed by atoms with Gasteiger partial charge < -0.3 is 10.4 Å². The molecule has 0 aliphatic heterocycles. The van der Waals surface area contributed by atoms with Crippen molar-refractivity contribution in [2.24, 2.45) is 0 Å². The van der Waals surface area contributed by atoms with Gasteiger partial charge in [-0.3, -0.25) is 4.79 Å². The zero-order chi connectivity index (χ0) is 14.0. The SMILES string of the molecule is CC(O)CCCNC(=O)CCCCCC(F)(F)F. The second kappa shape index (κ2) is 9.19. The van der Waals surface area contributed by atoms with E-state index in [4.69, 9.17) is 5.11 Å². The Hall–Kier alpha value is -0.780. The number of carbonyl (C=O) groups excluding carboxylic acids is 1. The zero-order valence-electron chi connectivity index (χ0n) is 10.7.